The van der Waals surface area contributed by atoms with Crippen LogP contribution >= 0.6 is 0 Å². The SMILES string of the molecule is CC(C)(C)c1cc2c([c-]c1-c1ccccc1)Cc1cc(-c3ccccc3)c(C(C)(C)C)cc1-2.CC(C)([CH]=[Zr+2])c1ccccc1.[C-]1=CC=CC1. The Bertz CT molecular complexity index is 1810. The molecule has 0 bridgehead atoms. The van der Waals surface area contributed by atoms with Gasteiger partial charge in [0.2, 0.25) is 0 Å². The van der Waals surface area contributed by atoms with Gasteiger partial charge in [-0.2, -0.15) is 6.08 Å². The molecule has 0 unspecified atom stereocenters. The van der Waals surface area contributed by atoms with Crippen molar-refractivity contribution >= 4 is 3.71 Å². The smallest absolute Gasteiger partial charge is 0.109 e. The van der Waals surface area contributed by atoms with Crippen molar-refractivity contribution in [1.29, 1.82) is 0 Å². The van der Waals surface area contributed by atoms with Crippen LogP contribution in [0.3, 0.4) is 0 Å². The molecule has 5 aromatic carbocycles. The first-order chi connectivity index (χ1) is 23.3. The molecular weight excluding hydrogens is 668 g/mol. The second-order valence-electron chi connectivity index (χ2n) is 15.6. The molecule has 0 N–H and O–H groups in total. The Morgan fingerprint density at radius 2 is 1.16 bits per heavy atom. The standard InChI is InChI=1S/C33H33.C10H12.C5H5.Zr/c1-32(2,3)30-20-26-24(18-28(30)22-13-9-7-10-14-22)17-25-19-29(23-15-11-8-12-16-23)31(21-27(25)26)33(4,5)6;1-10(2,3)9-7-5-4-6-8-9;1-2-4-5-3-1;/h7-16,18,20-21H,17H2,1-6H3;1,4-8H,2-3H3;1-3H,4H2;/q-1;;-1;+2. The molecule has 0 fully saturated rings. The van der Waals surface area contributed by atoms with Crippen LogP contribution < -0.4 is 0 Å². The number of hydrogen-bond acceptors (Lipinski definition) is 0. The van der Waals surface area contributed by atoms with Crippen LogP contribution in [0.1, 0.15) is 89.6 Å². The number of rotatable bonds is 4. The molecule has 0 heterocycles. The van der Waals surface area contributed by atoms with Gasteiger partial charge in [0.15, 0.2) is 0 Å². The molecule has 5 aromatic rings. The molecule has 246 valence electrons. The Kier molecular flexibility index (Phi) is 11.6. The van der Waals surface area contributed by atoms with Gasteiger partial charge in [-0.05, 0) is 39.5 Å². The van der Waals surface area contributed by atoms with Crippen LogP contribution in [-0.4, -0.2) is 3.71 Å². The van der Waals surface area contributed by atoms with E-state index in [1.54, 1.807) is 0 Å². The first kappa shape index (κ1) is 36.6. The van der Waals surface area contributed by atoms with Crippen molar-refractivity contribution < 1.29 is 24.2 Å². The van der Waals surface area contributed by atoms with E-state index in [9.17, 15) is 0 Å². The number of allylic oxidation sites excluding steroid dienone is 4. The molecular formula is C48H50Zr. The predicted molar refractivity (Wildman–Crippen MR) is 209 cm³/mol. The Morgan fingerprint density at radius 1 is 0.612 bits per heavy atom. The summed E-state index contributed by atoms with van der Waals surface area (Å²) >= 11 is 1.49. The quantitative estimate of drug-likeness (QED) is 0.159. The third-order valence-corrected chi connectivity index (χ3v) is 11.1. The average Bonchev–Trinajstić information content (AvgIpc) is 3.80. The summed E-state index contributed by atoms with van der Waals surface area (Å²) in [5.74, 6) is 0. The minimum atomic E-state index is 0.0380. The molecule has 0 aromatic heterocycles. The van der Waals surface area contributed by atoms with Crippen LogP contribution in [-0.2, 0) is 46.9 Å². The second kappa shape index (κ2) is 15.5. The van der Waals surface area contributed by atoms with Gasteiger partial charge in [0.1, 0.15) is 0 Å². The predicted octanol–water partition coefficient (Wildman–Crippen LogP) is 12.6. The molecule has 0 atom stereocenters. The summed E-state index contributed by atoms with van der Waals surface area (Å²) in [6, 6.07) is 43.4. The van der Waals surface area contributed by atoms with E-state index in [1.165, 1.54) is 85.4 Å². The maximum atomic E-state index is 3.88. The molecule has 0 nitrogen and oxygen atoms in total. The molecule has 2 aliphatic rings. The van der Waals surface area contributed by atoms with Crippen molar-refractivity contribution in [2.24, 2.45) is 0 Å². The fraction of sp³-hybridized carbons (Fsp3) is 0.271. The number of hydrogen-bond donors (Lipinski definition) is 0. The molecule has 49 heavy (non-hydrogen) atoms. The van der Waals surface area contributed by atoms with Crippen LogP contribution in [0, 0.1) is 12.1 Å². The van der Waals surface area contributed by atoms with E-state index in [4.69, 9.17) is 0 Å². The fourth-order valence-corrected chi connectivity index (χ4v) is 6.80. The van der Waals surface area contributed by atoms with Crippen molar-refractivity contribution in [2.75, 3.05) is 0 Å². The van der Waals surface area contributed by atoms with Gasteiger partial charge in [0.05, 0.1) is 0 Å². The first-order valence-corrected chi connectivity index (χ1v) is 18.9. The largest absolute Gasteiger partial charge is 0.273 e. The molecule has 0 radical (unpaired) electrons. The van der Waals surface area contributed by atoms with E-state index in [0.29, 0.717) is 0 Å². The summed E-state index contributed by atoms with van der Waals surface area (Å²) in [7, 11) is 0. The van der Waals surface area contributed by atoms with Crippen molar-refractivity contribution in [3.63, 3.8) is 0 Å². The molecule has 7 rings (SSSR count). The number of benzene rings is 5. The van der Waals surface area contributed by atoms with Gasteiger partial charge >= 0.3 is 83.1 Å². The maximum Gasteiger partial charge on any atom is -0.109 e. The topological polar surface area (TPSA) is 0 Å². The average molecular weight is 718 g/mol. The third-order valence-electron chi connectivity index (χ3n) is 9.29. The monoisotopic (exact) mass is 716 g/mol. The molecule has 0 aliphatic heterocycles. The summed E-state index contributed by atoms with van der Waals surface area (Å²) in [6.07, 6.45) is 10.9. The molecule has 0 saturated heterocycles. The van der Waals surface area contributed by atoms with E-state index in [1.807, 2.05) is 12.2 Å². The Labute approximate surface area is 311 Å². The van der Waals surface area contributed by atoms with Gasteiger partial charge in [0, 0.05) is 0 Å². The van der Waals surface area contributed by atoms with Gasteiger partial charge in [-0.25, -0.2) is 12.2 Å². The first-order valence-electron chi connectivity index (χ1n) is 17.5. The Balaban J connectivity index is 0.000000240. The summed E-state index contributed by atoms with van der Waals surface area (Å²) in [4.78, 5) is 0. The van der Waals surface area contributed by atoms with Gasteiger partial charge in [0.25, 0.3) is 0 Å². The van der Waals surface area contributed by atoms with Gasteiger partial charge < -0.3 is 0 Å². The Hall–Kier alpha value is -3.67. The van der Waals surface area contributed by atoms with Crippen LogP contribution in [0.25, 0.3) is 33.4 Å². The minimum absolute atomic E-state index is 0.0380. The van der Waals surface area contributed by atoms with Gasteiger partial charge in [-0.1, -0.05) is 131 Å². The van der Waals surface area contributed by atoms with Gasteiger partial charge in [-0.15, -0.1) is 35.2 Å². The van der Waals surface area contributed by atoms with Crippen LogP contribution in [0.4, 0.5) is 0 Å². The van der Waals surface area contributed by atoms with Crippen molar-refractivity contribution in [3.05, 3.63) is 167 Å². The van der Waals surface area contributed by atoms with E-state index in [-0.39, 0.29) is 16.2 Å². The van der Waals surface area contributed by atoms with Crippen LogP contribution in [0.2, 0.25) is 0 Å². The molecule has 0 saturated carbocycles. The van der Waals surface area contributed by atoms with Crippen LogP contribution in [0.15, 0.2) is 127 Å². The van der Waals surface area contributed by atoms with Crippen LogP contribution in [0.5, 0.6) is 0 Å². The van der Waals surface area contributed by atoms with Gasteiger partial charge in [-0.3, -0.25) is 6.08 Å². The summed E-state index contributed by atoms with van der Waals surface area (Å²) in [5, 5.41) is 0. The summed E-state index contributed by atoms with van der Waals surface area (Å²) in [6.45, 7) is 18.4. The van der Waals surface area contributed by atoms with E-state index >= 15 is 0 Å². The second-order valence-corrected chi connectivity index (χ2v) is 16.4. The van der Waals surface area contributed by atoms with E-state index in [2.05, 4.69) is 187 Å². The molecule has 2 aliphatic carbocycles. The van der Waals surface area contributed by atoms with Crippen molar-refractivity contribution in [1.82, 2.24) is 0 Å². The zero-order valence-corrected chi connectivity index (χ0v) is 33.1. The van der Waals surface area contributed by atoms with E-state index in [0.717, 1.165) is 12.8 Å². The molecule has 1 heteroatoms. The maximum absolute atomic E-state index is 3.88. The zero-order chi connectivity index (χ0) is 35.2. The van der Waals surface area contributed by atoms with Crippen molar-refractivity contribution in [3.8, 4) is 33.4 Å². The van der Waals surface area contributed by atoms with E-state index < -0.39 is 0 Å². The van der Waals surface area contributed by atoms with Crippen molar-refractivity contribution in [2.45, 2.75) is 84.5 Å². The fourth-order valence-electron chi connectivity index (χ4n) is 6.39. The Morgan fingerprint density at radius 3 is 1.65 bits per heavy atom. The molecule has 0 spiro atoms. The normalized spacial score (nSPS) is 13.1. The zero-order valence-electron chi connectivity index (χ0n) is 30.6. The number of fused-ring (bicyclic) bond motifs is 3. The summed E-state index contributed by atoms with van der Waals surface area (Å²) in [5.41, 5.74) is 15.1. The minimum Gasteiger partial charge on any atom is -0.273 e. The summed E-state index contributed by atoms with van der Waals surface area (Å²) < 4.78 is 2.31. The molecule has 0 amide bonds. The third kappa shape index (κ3) is 8.93.